The number of rotatable bonds is 4. The second-order valence-corrected chi connectivity index (χ2v) is 7.46. The summed E-state index contributed by atoms with van der Waals surface area (Å²) >= 11 is 0. The van der Waals surface area contributed by atoms with Crippen molar-refractivity contribution in [1.29, 1.82) is 0 Å². The zero-order valence-electron chi connectivity index (χ0n) is 15.9. The highest BCUT2D eigenvalue weighted by Crippen LogP contribution is 2.31. The van der Waals surface area contributed by atoms with Crippen molar-refractivity contribution in [2.45, 2.75) is 44.3 Å². The molecule has 4 rings (SSSR count). The van der Waals surface area contributed by atoms with E-state index in [1.807, 2.05) is 4.90 Å². The molecule has 0 spiro atoms. The number of amides is 4. The third-order valence-corrected chi connectivity index (χ3v) is 5.48. The van der Waals surface area contributed by atoms with Crippen molar-refractivity contribution < 1.29 is 14.0 Å². The lowest BCUT2D eigenvalue weighted by molar-refractivity contribution is 0.116. The Labute approximate surface area is 162 Å². The van der Waals surface area contributed by atoms with Crippen LogP contribution >= 0.6 is 0 Å². The first kappa shape index (κ1) is 18.5. The van der Waals surface area contributed by atoms with Gasteiger partial charge in [0.05, 0.1) is 23.8 Å². The van der Waals surface area contributed by atoms with E-state index in [4.69, 9.17) is 0 Å². The van der Waals surface area contributed by atoms with Gasteiger partial charge in [-0.1, -0.05) is 0 Å². The molecule has 2 aliphatic rings. The van der Waals surface area contributed by atoms with E-state index in [2.05, 4.69) is 20.8 Å². The molecule has 1 aromatic heterocycles. The van der Waals surface area contributed by atoms with Crippen LogP contribution in [-0.2, 0) is 6.54 Å². The van der Waals surface area contributed by atoms with Crippen LogP contribution in [-0.4, -0.2) is 64.3 Å². The summed E-state index contributed by atoms with van der Waals surface area (Å²) in [4.78, 5) is 28.6. The maximum Gasteiger partial charge on any atom is 0.318 e. The minimum atomic E-state index is -0.340. The van der Waals surface area contributed by atoms with Gasteiger partial charge in [0.15, 0.2) is 0 Å². The summed E-state index contributed by atoms with van der Waals surface area (Å²) < 4.78 is 13.3. The molecule has 1 aliphatic carbocycles. The van der Waals surface area contributed by atoms with Crippen LogP contribution < -0.4 is 10.6 Å². The van der Waals surface area contributed by atoms with Crippen LogP contribution in [0.25, 0.3) is 10.9 Å². The van der Waals surface area contributed by atoms with Gasteiger partial charge in [-0.2, -0.15) is 5.10 Å². The molecule has 1 saturated heterocycles. The first-order valence-electron chi connectivity index (χ1n) is 9.72. The minimum absolute atomic E-state index is 0.0196. The summed E-state index contributed by atoms with van der Waals surface area (Å²) in [5.74, 6) is -0.340. The number of aromatic amines is 1. The molecular formula is C19H25FN6O2. The normalized spacial score (nSPS) is 19.5. The number of carbonyl (C=O) groups excluding carboxylic acids is 2. The van der Waals surface area contributed by atoms with Gasteiger partial charge in [-0.25, -0.2) is 14.0 Å². The van der Waals surface area contributed by atoms with Gasteiger partial charge in [0, 0.05) is 37.6 Å². The molecule has 2 fully saturated rings. The number of aromatic nitrogens is 2. The summed E-state index contributed by atoms with van der Waals surface area (Å²) in [5.41, 5.74) is 1.28. The number of fused-ring (bicyclic) bond motifs is 1. The maximum atomic E-state index is 13.3. The second kappa shape index (κ2) is 7.65. The van der Waals surface area contributed by atoms with Crippen LogP contribution in [0.4, 0.5) is 14.0 Å². The summed E-state index contributed by atoms with van der Waals surface area (Å²) in [5, 5.41) is 13.4. The van der Waals surface area contributed by atoms with Gasteiger partial charge in [-0.3, -0.25) is 5.10 Å². The Kier molecular flexibility index (Phi) is 5.06. The number of nitrogens with one attached hydrogen (secondary N) is 3. The van der Waals surface area contributed by atoms with Crippen molar-refractivity contribution in [3.8, 4) is 0 Å². The lowest BCUT2D eigenvalue weighted by Gasteiger charge is -2.39. The average Bonchev–Trinajstić information content (AvgIpc) is 3.45. The van der Waals surface area contributed by atoms with Crippen LogP contribution in [0.15, 0.2) is 18.2 Å². The van der Waals surface area contributed by atoms with Gasteiger partial charge in [0.2, 0.25) is 0 Å². The number of benzene rings is 1. The predicted molar refractivity (Wildman–Crippen MR) is 102 cm³/mol. The number of hydrogen-bond acceptors (Lipinski definition) is 3. The molecule has 4 amide bonds. The Bertz CT molecular complexity index is 880. The Morgan fingerprint density at radius 3 is 2.89 bits per heavy atom. The number of piperidine rings is 1. The topological polar surface area (TPSA) is 93.4 Å². The molecule has 150 valence electrons. The van der Waals surface area contributed by atoms with Gasteiger partial charge >= 0.3 is 12.1 Å². The lowest BCUT2D eigenvalue weighted by atomic mass is 10.0. The van der Waals surface area contributed by atoms with Crippen molar-refractivity contribution in [3.05, 3.63) is 29.7 Å². The number of urea groups is 2. The number of H-pyrrole nitrogens is 1. The molecule has 28 heavy (non-hydrogen) atoms. The molecule has 0 radical (unpaired) electrons. The van der Waals surface area contributed by atoms with Crippen LogP contribution in [0.2, 0.25) is 0 Å². The molecule has 2 aromatic rings. The van der Waals surface area contributed by atoms with Crippen molar-refractivity contribution in [2.24, 2.45) is 0 Å². The fourth-order valence-corrected chi connectivity index (χ4v) is 3.94. The number of halogens is 1. The van der Waals surface area contributed by atoms with Crippen molar-refractivity contribution in [2.75, 3.05) is 20.1 Å². The summed E-state index contributed by atoms with van der Waals surface area (Å²) in [6, 6.07) is 4.44. The summed E-state index contributed by atoms with van der Waals surface area (Å²) in [6.07, 6.45) is 3.77. The molecule has 1 aromatic carbocycles. The van der Waals surface area contributed by atoms with E-state index in [0.717, 1.165) is 36.8 Å². The Hall–Kier alpha value is -2.84. The van der Waals surface area contributed by atoms with E-state index < -0.39 is 0 Å². The van der Waals surface area contributed by atoms with Crippen molar-refractivity contribution in [3.63, 3.8) is 0 Å². The molecule has 0 unspecified atom stereocenters. The molecule has 0 bridgehead atoms. The largest absolute Gasteiger partial charge is 0.341 e. The smallest absolute Gasteiger partial charge is 0.318 e. The number of nitrogens with zero attached hydrogens (tertiary/aromatic N) is 3. The van der Waals surface area contributed by atoms with E-state index in [0.29, 0.717) is 18.6 Å². The molecule has 3 N–H and O–H groups in total. The molecule has 9 heteroatoms. The third kappa shape index (κ3) is 3.74. The molecule has 2 heterocycles. The van der Waals surface area contributed by atoms with Crippen molar-refractivity contribution >= 4 is 23.0 Å². The molecule has 1 saturated carbocycles. The zero-order valence-corrected chi connectivity index (χ0v) is 15.9. The third-order valence-electron chi connectivity index (χ3n) is 5.48. The first-order valence-corrected chi connectivity index (χ1v) is 9.72. The standard InChI is InChI=1S/C19H25FN6O2/c1-21-18(27)25-8-2-3-14(11-25)26(13-5-6-13)19(28)22-10-17-15-7-4-12(20)9-16(15)23-24-17/h4,7,9,13-14H,2-3,5-6,8,10-11H2,1H3,(H,21,27)(H,22,28)(H,23,24)/t14-/m1/s1. The van der Waals surface area contributed by atoms with Crippen LogP contribution in [0, 0.1) is 5.82 Å². The molecular weight excluding hydrogens is 363 g/mol. The highest BCUT2D eigenvalue weighted by molar-refractivity contribution is 5.82. The van der Waals surface area contributed by atoms with Gasteiger partial charge < -0.3 is 20.4 Å². The van der Waals surface area contributed by atoms with Gasteiger partial charge in [0.1, 0.15) is 5.82 Å². The van der Waals surface area contributed by atoms with Crippen LogP contribution in [0.3, 0.4) is 0 Å². The van der Waals surface area contributed by atoms with E-state index >= 15 is 0 Å². The Morgan fingerprint density at radius 1 is 1.32 bits per heavy atom. The molecule has 8 nitrogen and oxygen atoms in total. The lowest BCUT2D eigenvalue weighted by Crippen LogP contribution is -2.56. The van der Waals surface area contributed by atoms with E-state index in [1.165, 1.54) is 12.1 Å². The number of hydrogen-bond donors (Lipinski definition) is 3. The molecule has 1 aliphatic heterocycles. The second-order valence-electron chi connectivity index (χ2n) is 7.46. The monoisotopic (exact) mass is 388 g/mol. The minimum Gasteiger partial charge on any atom is -0.341 e. The fourth-order valence-electron chi connectivity index (χ4n) is 3.94. The maximum absolute atomic E-state index is 13.3. The number of carbonyl (C=O) groups is 2. The van der Waals surface area contributed by atoms with Gasteiger partial charge in [0.25, 0.3) is 0 Å². The highest BCUT2D eigenvalue weighted by Gasteiger charge is 2.39. The number of likely N-dealkylation sites (tertiary alicyclic amines) is 1. The summed E-state index contributed by atoms with van der Waals surface area (Å²) in [6.45, 7) is 1.55. The SMILES string of the molecule is CNC(=O)N1CCC[C@@H](N(C(=O)NCc2[nH]nc3cc(F)ccc23)C2CC2)C1. The Morgan fingerprint density at radius 2 is 2.14 bits per heavy atom. The molecule has 1 atom stereocenters. The Balaban J connectivity index is 1.43. The van der Waals surface area contributed by atoms with Crippen LogP contribution in [0.1, 0.15) is 31.4 Å². The fraction of sp³-hybridized carbons (Fsp3) is 0.526. The zero-order chi connectivity index (χ0) is 19.7. The first-order chi connectivity index (χ1) is 13.6. The predicted octanol–water partition coefficient (Wildman–Crippen LogP) is 2.18. The summed E-state index contributed by atoms with van der Waals surface area (Å²) in [7, 11) is 1.62. The highest BCUT2D eigenvalue weighted by atomic mass is 19.1. The van der Waals surface area contributed by atoms with Gasteiger partial charge in [-0.05, 0) is 37.8 Å². The average molecular weight is 388 g/mol. The van der Waals surface area contributed by atoms with Crippen LogP contribution in [0.5, 0.6) is 0 Å². The quantitative estimate of drug-likeness (QED) is 0.749. The van der Waals surface area contributed by atoms with Gasteiger partial charge in [-0.15, -0.1) is 0 Å². The van der Waals surface area contributed by atoms with Crippen molar-refractivity contribution in [1.82, 2.24) is 30.6 Å². The van der Waals surface area contributed by atoms with E-state index in [-0.39, 0.29) is 36.5 Å². The van der Waals surface area contributed by atoms with E-state index in [1.54, 1.807) is 18.0 Å². The van der Waals surface area contributed by atoms with E-state index in [9.17, 15) is 14.0 Å².